The van der Waals surface area contributed by atoms with E-state index in [1.54, 1.807) is 26.0 Å². The molecule has 5 nitrogen and oxygen atoms in total. The maximum Gasteiger partial charge on any atom is 0.237 e. The highest BCUT2D eigenvalue weighted by Gasteiger charge is 2.19. The van der Waals surface area contributed by atoms with E-state index in [9.17, 15) is 14.9 Å². The van der Waals surface area contributed by atoms with E-state index in [1.807, 2.05) is 18.2 Å². The molecular formula is C18H16BrN3O2S. The van der Waals surface area contributed by atoms with Gasteiger partial charge in [-0.25, -0.2) is 4.98 Å². The second-order valence-corrected chi connectivity index (χ2v) is 7.64. The van der Waals surface area contributed by atoms with Crippen LogP contribution in [0.3, 0.4) is 0 Å². The van der Waals surface area contributed by atoms with E-state index in [0.717, 1.165) is 4.47 Å². The first-order chi connectivity index (χ1) is 11.8. The largest absolute Gasteiger partial charge is 0.325 e. The first-order valence-electron chi connectivity index (χ1n) is 7.47. The highest BCUT2D eigenvalue weighted by molar-refractivity contribution is 9.10. The van der Waals surface area contributed by atoms with Gasteiger partial charge in [0.15, 0.2) is 5.78 Å². The van der Waals surface area contributed by atoms with Crippen molar-refractivity contribution in [3.05, 3.63) is 51.6 Å². The molecule has 128 valence electrons. The number of thioether (sulfide) groups is 1. The third-order valence-electron chi connectivity index (χ3n) is 3.45. The number of carbonyl (C=O) groups excluding carboxylic acids is 2. The molecule has 0 saturated carbocycles. The number of aryl methyl sites for hydroxylation is 1. The van der Waals surface area contributed by atoms with E-state index in [0.29, 0.717) is 27.5 Å². The van der Waals surface area contributed by atoms with E-state index in [-0.39, 0.29) is 11.7 Å². The van der Waals surface area contributed by atoms with Gasteiger partial charge in [0, 0.05) is 21.4 Å². The Kier molecular flexibility index (Phi) is 6.34. The van der Waals surface area contributed by atoms with Gasteiger partial charge in [-0.15, -0.1) is 0 Å². The fourth-order valence-electron chi connectivity index (χ4n) is 2.11. The molecule has 1 aromatic carbocycles. The number of carbonyl (C=O) groups is 2. The Morgan fingerprint density at radius 1 is 1.32 bits per heavy atom. The Labute approximate surface area is 159 Å². The van der Waals surface area contributed by atoms with Gasteiger partial charge in [-0.1, -0.05) is 27.7 Å². The predicted octanol–water partition coefficient (Wildman–Crippen LogP) is 4.35. The lowest BCUT2D eigenvalue weighted by atomic mass is 10.1. The van der Waals surface area contributed by atoms with Crippen LogP contribution in [0.4, 0.5) is 5.69 Å². The summed E-state index contributed by atoms with van der Waals surface area (Å²) in [7, 11) is 0. The zero-order chi connectivity index (χ0) is 18.6. The summed E-state index contributed by atoms with van der Waals surface area (Å²) in [6.07, 6.45) is 0. The molecule has 1 N–H and O–H groups in total. The maximum absolute atomic E-state index is 12.4. The second kappa shape index (κ2) is 8.28. The monoisotopic (exact) mass is 417 g/mol. The Morgan fingerprint density at radius 2 is 1.96 bits per heavy atom. The van der Waals surface area contributed by atoms with Crippen LogP contribution in [0, 0.1) is 18.3 Å². The van der Waals surface area contributed by atoms with Gasteiger partial charge in [-0.3, -0.25) is 9.59 Å². The molecule has 1 amide bonds. The molecule has 7 heteroatoms. The number of rotatable bonds is 5. The smallest absolute Gasteiger partial charge is 0.237 e. The van der Waals surface area contributed by atoms with Crippen molar-refractivity contribution in [1.82, 2.24) is 4.98 Å². The molecule has 0 bridgehead atoms. The van der Waals surface area contributed by atoms with Crippen LogP contribution < -0.4 is 5.32 Å². The van der Waals surface area contributed by atoms with Crippen LogP contribution in [0.2, 0.25) is 0 Å². The van der Waals surface area contributed by atoms with Crippen molar-refractivity contribution in [3.8, 4) is 6.07 Å². The molecule has 1 heterocycles. The molecule has 2 rings (SSSR count). The van der Waals surface area contributed by atoms with Crippen LogP contribution in [0.25, 0.3) is 0 Å². The van der Waals surface area contributed by atoms with Crippen LogP contribution >= 0.6 is 27.7 Å². The number of halogens is 1. The van der Waals surface area contributed by atoms with Crippen molar-refractivity contribution in [2.45, 2.75) is 31.0 Å². The number of ketones is 1. The van der Waals surface area contributed by atoms with Crippen LogP contribution in [0.1, 0.15) is 35.5 Å². The average Bonchev–Trinajstić information content (AvgIpc) is 2.56. The predicted molar refractivity (Wildman–Crippen MR) is 102 cm³/mol. The molecule has 1 aromatic heterocycles. The van der Waals surface area contributed by atoms with Crippen molar-refractivity contribution in [3.63, 3.8) is 0 Å². The maximum atomic E-state index is 12.4. The summed E-state index contributed by atoms with van der Waals surface area (Å²) in [6.45, 7) is 4.90. The summed E-state index contributed by atoms with van der Waals surface area (Å²) in [6, 6.07) is 10.9. The highest BCUT2D eigenvalue weighted by Crippen LogP contribution is 2.27. The van der Waals surface area contributed by atoms with Crippen LogP contribution in [0.15, 0.2) is 39.8 Å². The Bertz CT molecular complexity index is 860. The molecule has 0 unspecified atom stereocenters. The quantitative estimate of drug-likeness (QED) is 0.577. The summed E-state index contributed by atoms with van der Waals surface area (Å²) in [5.41, 5.74) is 1.96. The molecule has 0 aliphatic carbocycles. The molecule has 25 heavy (non-hydrogen) atoms. The lowest BCUT2D eigenvalue weighted by Gasteiger charge is -2.13. The van der Waals surface area contributed by atoms with Gasteiger partial charge in [0.1, 0.15) is 11.1 Å². The third-order valence-corrected chi connectivity index (χ3v) is 5.08. The number of Topliss-reactive ketones (excluding diaryl/α,β-unsaturated/α-hetero) is 1. The zero-order valence-electron chi connectivity index (χ0n) is 14.0. The van der Waals surface area contributed by atoms with Gasteiger partial charge in [-0.05, 0) is 51.1 Å². The highest BCUT2D eigenvalue weighted by atomic mass is 79.9. The topological polar surface area (TPSA) is 82.8 Å². The average molecular weight is 418 g/mol. The molecule has 2 aromatic rings. The first-order valence-corrected chi connectivity index (χ1v) is 9.15. The van der Waals surface area contributed by atoms with Gasteiger partial charge in [0.05, 0.1) is 10.8 Å². The minimum atomic E-state index is -0.453. The molecule has 0 radical (unpaired) electrons. The molecule has 0 spiro atoms. The number of nitriles is 1. The second-order valence-electron chi connectivity index (χ2n) is 5.40. The van der Waals surface area contributed by atoms with Gasteiger partial charge in [0.25, 0.3) is 0 Å². The summed E-state index contributed by atoms with van der Waals surface area (Å²) in [5, 5.41) is 12.1. The lowest BCUT2D eigenvalue weighted by molar-refractivity contribution is -0.115. The fraction of sp³-hybridized carbons (Fsp3) is 0.222. The SMILES string of the molecule is CC(=O)c1cc(C#N)c(S[C@@H](C)C(=O)Nc2ccc(Br)cc2)nc1C. The van der Waals surface area contributed by atoms with Crippen molar-refractivity contribution in [2.75, 3.05) is 5.32 Å². The molecule has 0 aliphatic heterocycles. The molecular weight excluding hydrogens is 402 g/mol. The van der Waals surface area contributed by atoms with Crippen LogP contribution in [-0.4, -0.2) is 21.9 Å². The zero-order valence-corrected chi connectivity index (χ0v) is 16.4. The Balaban J connectivity index is 2.16. The van der Waals surface area contributed by atoms with E-state index < -0.39 is 5.25 Å². The summed E-state index contributed by atoms with van der Waals surface area (Å²) >= 11 is 4.54. The van der Waals surface area contributed by atoms with Gasteiger partial charge in [0.2, 0.25) is 5.91 Å². The van der Waals surface area contributed by atoms with Crippen LogP contribution in [-0.2, 0) is 4.79 Å². The number of anilines is 1. The number of hydrogen-bond acceptors (Lipinski definition) is 5. The number of nitrogens with zero attached hydrogens (tertiary/aromatic N) is 2. The minimum absolute atomic E-state index is 0.140. The molecule has 0 saturated heterocycles. The summed E-state index contributed by atoms with van der Waals surface area (Å²) in [5.74, 6) is -0.328. The fourth-order valence-corrected chi connectivity index (χ4v) is 3.29. The first kappa shape index (κ1) is 19.2. The molecule has 1 atom stereocenters. The van der Waals surface area contributed by atoms with Gasteiger partial charge >= 0.3 is 0 Å². The lowest BCUT2D eigenvalue weighted by Crippen LogP contribution is -2.22. The van der Waals surface area contributed by atoms with Crippen molar-refractivity contribution in [2.24, 2.45) is 0 Å². The minimum Gasteiger partial charge on any atom is -0.325 e. The number of amides is 1. The number of benzene rings is 1. The molecule has 0 fully saturated rings. The van der Waals surface area contributed by atoms with E-state index in [4.69, 9.17) is 0 Å². The summed E-state index contributed by atoms with van der Waals surface area (Å²) < 4.78 is 0.928. The Hall–Kier alpha value is -2.17. The van der Waals surface area contributed by atoms with Gasteiger partial charge < -0.3 is 5.32 Å². The van der Waals surface area contributed by atoms with Crippen LogP contribution in [0.5, 0.6) is 0 Å². The number of hydrogen-bond donors (Lipinski definition) is 1. The Morgan fingerprint density at radius 3 is 2.52 bits per heavy atom. The third kappa shape index (κ3) is 4.91. The number of pyridine rings is 1. The van der Waals surface area contributed by atoms with E-state index in [1.165, 1.54) is 24.8 Å². The van der Waals surface area contributed by atoms with Crippen molar-refractivity contribution >= 4 is 45.1 Å². The van der Waals surface area contributed by atoms with E-state index >= 15 is 0 Å². The number of aromatic nitrogens is 1. The standard InChI is InChI=1S/C18H16BrN3O2S/c1-10-16(11(2)23)8-13(9-20)18(21-10)25-12(3)17(24)22-15-6-4-14(19)5-7-15/h4-8,12H,1-3H3,(H,22,24)/t12-/m0/s1. The normalized spacial score (nSPS) is 11.5. The molecule has 0 aliphatic rings. The van der Waals surface area contributed by atoms with Gasteiger partial charge in [-0.2, -0.15) is 5.26 Å². The van der Waals surface area contributed by atoms with E-state index in [2.05, 4.69) is 26.2 Å². The summed E-state index contributed by atoms with van der Waals surface area (Å²) in [4.78, 5) is 28.3. The van der Waals surface area contributed by atoms with Crippen molar-refractivity contribution < 1.29 is 9.59 Å². The van der Waals surface area contributed by atoms with Crippen molar-refractivity contribution in [1.29, 1.82) is 5.26 Å². The number of nitrogens with one attached hydrogen (secondary N) is 1.